The van der Waals surface area contributed by atoms with Crippen LogP contribution in [0.2, 0.25) is 10.0 Å². The van der Waals surface area contributed by atoms with Crippen molar-refractivity contribution in [1.29, 1.82) is 5.26 Å². The minimum Gasteiger partial charge on any atom is -0.479 e. The number of halogens is 2. The Bertz CT molecular complexity index is 718. The molecule has 0 amide bonds. The third kappa shape index (κ3) is 4.62. The van der Waals surface area contributed by atoms with Crippen molar-refractivity contribution >= 4 is 29.2 Å². The first-order chi connectivity index (χ1) is 11.0. The van der Waals surface area contributed by atoms with Gasteiger partial charge in [0, 0.05) is 15.6 Å². The van der Waals surface area contributed by atoms with Gasteiger partial charge in [-0.2, -0.15) is 5.26 Å². The monoisotopic (exact) mass is 349 g/mol. The number of nitriles is 1. The van der Waals surface area contributed by atoms with Crippen molar-refractivity contribution in [2.75, 3.05) is 0 Å². The van der Waals surface area contributed by atoms with Gasteiger partial charge in [0.05, 0.1) is 11.6 Å². The van der Waals surface area contributed by atoms with Gasteiger partial charge in [-0.1, -0.05) is 29.3 Å². The summed E-state index contributed by atoms with van der Waals surface area (Å²) in [6, 6.07) is 13.5. The van der Waals surface area contributed by atoms with E-state index in [4.69, 9.17) is 37.9 Å². The maximum absolute atomic E-state index is 12.0. The third-order valence-electron chi connectivity index (χ3n) is 3.05. The number of benzene rings is 2. The standard InChI is InChI=1S/C17H13Cl2NO3/c1-11(23-13-7-5-12(9-20)6-8-13)17(21)22-10-14-15(18)3-2-4-16(14)19/h2-8,11H,10H2,1H3/t11-/m0/s1. The number of nitrogens with zero attached hydrogens (tertiary/aromatic N) is 1. The van der Waals surface area contributed by atoms with Crippen LogP contribution in [0.4, 0.5) is 0 Å². The van der Waals surface area contributed by atoms with Crippen LogP contribution in [0, 0.1) is 11.3 Å². The molecule has 0 spiro atoms. The summed E-state index contributed by atoms with van der Waals surface area (Å²) >= 11 is 12.0. The van der Waals surface area contributed by atoms with E-state index in [9.17, 15) is 4.79 Å². The second-order valence-electron chi connectivity index (χ2n) is 4.70. The molecule has 0 aromatic heterocycles. The summed E-state index contributed by atoms with van der Waals surface area (Å²) in [4.78, 5) is 12.0. The number of esters is 1. The summed E-state index contributed by atoms with van der Waals surface area (Å²) in [5.41, 5.74) is 1.07. The first-order valence-electron chi connectivity index (χ1n) is 6.77. The average molecular weight is 350 g/mol. The Hall–Kier alpha value is -2.22. The highest BCUT2D eigenvalue weighted by molar-refractivity contribution is 6.35. The molecule has 0 bridgehead atoms. The van der Waals surface area contributed by atoms with Crippen molar-refractivity contribution in [3.8, 4) is 11.8 Å². The maximum Gasteiger partial charge on any atom is 0.347 e. The molecule has 118 valence electrons. The minimum atomic E-state index is -0.802. The topological polar surface area (TPSA) is 59.3 Å². The lowest BCUT2D eigenvalue weighted by molar-refractivity contribution is -0.152. The number of hydrogen-bond acceptors (Lipinski definition) is 4. The third-order valence-corrected chi connectivity index (χ3v) is 3.76. The van der Waals surface area contributed by atoms with Gasteiger partial charge in [0.15, 0.2) is 6.10 Å². The summed E-state index contributed by atoms with van der Waals surface area (Å²) < 4.78 is 10.7. The fourth-order valence-electron chi connectivity index (χ4n) is 1.79. The lowest BCUT2D eigenvalue weighted by atomic mass is 10.2. The predicted octanol–water partition coefficient (Wildman–Crippen LogP) is 4.38. The number of carbonyl (C=O) groups excluding carboxylic acids is 1. The van der Waals surface area contributed by atoms with Gasteiger partial charge in [-0.25, -0.2) is 4.79 Å². The lowest BCUT2D eigenvalue weighted by Crippen LogP contribution is -2.26. The van der Waals surface area contributed by atoms with Crippen LogP contribution in [0.3, 0.4) is 0 Å². The van der Waals surface area contributed by atoms with Crippen molar-refractivity contribution in [1.82, 2.24) is 0 Å². The van der Waals surface area contributed by atoms with E-state index in [1.165, 1.54) is 0 Å². The molecule has 0 saturated carbocycles. The van der Waals surface area contributed by atoms with Crippen molar-refractivity contribution in [3.05, 3.63) is 63.6 Å². The van der Waals surface area contributed by atoms with Crippen LogP contribution in [0.15, 0.2) is 42.5 Å². The average Bonchev–Trinajstić information content (AvgIpc) is 2.54. The molecule has 0 aliphatic heterocycles. The molecule has 0 radical (unpaired) electrons. The minimum absolute atomic E-state index is 0.0294. The van der Waals surface area contributed by atoms with E-state index >= 15 is 0 Å². The van der Waals surface area contributed by atoms with Crippen LogP contribution in [0.25, 0.3) is 0 Å². The second-order valence-corrected chi connectivity index (χ2v) is 5.52. The Morgan fingerprint density at radius 1 is 1.17 bits per heavy atom. The van der Waals surface area contributed by atoms with Crippen molar-refractivity contribution in [3.63, 3.8) is 0 Å². The quantitative estimate of drug-likeness (QED) is 0.751. The normalized spacial score (nSPS) is 11.4. The molecule has 2 aromatic carbocycles. The van der Waals surface area contributed by atoms with Crippen LogP contribution in [-0.4, -0.2) is 12.1 Å². The number of rotatable bonds is 5. The molecule has 2 aromatic rings. The Morgan fingerprint density at radius 3 is 2.35 bits per heavy atom. The van der Waals surface area contributed by atoms with Gasteiger partial charge < -0.3 is 9.47 Å². The number of hydrogen-bond donors (Lipinski definition) is 0. The summed E-state index contributed by atoms with van der Waals surface area (Å²) in [5.74, 6) is -0.0606. The van der Waals surface area contributed by atoms with Gasteiger partial charge in [-0.15, -0.1) is 0 Å². The molecule has 0 fully saturated rings. The summed E-state index contributed by atoms with van der Waals surface area (Å²) in [7, 11) is 0. The van der Waals surface area contributed by atoms with Gasteiger partial charge in [-0.05, 0) is 43.3 Å². The summed E-state index contributed by atoms with van der Waals surface area (Å²) in [6.45, 7) is 1.55. The van der Waals surface area contributed by atoms with E-state index in [2.05, 4.69) is 0 Å². The fourth-order valence-corrected chi connectivity index (χ4v) is 2.30. The van der Waals surface area contributed by atoms with Gasteiger partial charge in [0.2, 0.25) is 0 Å². The molecule has 0 N–H and O–H groups in total. The molecular weight excluding hydrogens is 337 g/mol. The van der Waals surface area contributed by atoms with E-state index in [-0.39, 0.29) is 6.61 Å². The van der Waals surface area contributed by atoms with Crippen molar-refractivity contribution < 1.29 is 14.3 Å². The zero-order chi connectivity index (χ0) is 16.8. The fraction of sp³-hybridized carbons (Fsp3) is 0.176. The molecule has 0 unspecified atom stereocenters. The number of carbonyl (C=O) groups is 1. The Kier molecular flexibility index (Phi) is 5.86. The molecular formula is C17H13Cl2NO3. The van der Waals surface area contributed by atoms with E-state index < -0.39 is 12.1 Å². The molecule has 0 heterocycles. The molecule has 4 nitrogen and oxygen atoms in total. The molecule has 23 heavy (non-hydrogen) atoms. The van der Waals surface area contributed by atoms with Crippen LogP contribution in [0.1, 0.15) is 18.1 Å². The van der Waals surface area contributed by atoms with Crippen LogP contribution in [0.5, 0.6) is 5.75 Å². The second kappa shape index (κ2) is 7.87. The first-order valence-corrected chi connectivity index (χ1v) is 7.53. The largest absolute Gasteiger partial charge is 0.479 e. The molecule has 2 rings (SSSR count). The van der Waals surface area contributed by atoms with Gasteiger partial charge in [-0.3, -0.25) is 0 Å². The molecule has 0 aliphatic carbocycles. The smallest absolute Gasteiger partial charge is 0.347 e. The highest BCUT2D eigenvalue weighted by Gasteiger charge is 2.17. The summed E-state index contributed by atoms with van der Waals surface area (Å²) in [6.07, 6.45) is -0.802. The molecule has 6 heteroatoms. The summed E-state index contributed by atoms with van der Waals surface area (Å²) in [5, 5.41) is 9.61. The zero-order valence-corrected chi connectivity index (χ0v) is 13.8. The predicted molar refractivity (Wildman–Crippen MR) is 87.5 cm³/mol. The maximum atomic E-state index is 12.0. The first kappa shape index (κ1) is 17.1. The van der Waals surface area contributed by atoms with Gasteiger partial charge in [0.25, 0.3) is 0 Å². The molecule has 1 atom stereocenters. The highest BCUT2D eigenvalue weighted by atomic mass is 35.5. The van der Waals surface area contributed by atoms with Crippen molar-refractivity contribution in [2.24, 2.45) is 0 Å². The van der Waals surface area contributed by atoms with E-state index in [1.54, 1.807) is 49.4 Å². The van der Waals surface area contributed by atoms with E-state index in [1.807, 2.05) is 6.07 Å². The van der Waals surface area contributed by atoms with E-state index in [0.29, 0.717) is 26.9 Å². The highest BCUT2D eigenvalue weighted by Crippen LogP contribution is 2.25. The Morgan fingerprint density at radius 2 is 1.78 bits per heavy atom. The SMILES string of the molecule is C[C@H](Oc1ccc(C#N)cc1)C(=O)OCc1c(Cl)cccc1Cl. The molecule has 0 aliphatic rings. The number of ether oxygens (including phenoxy) is 2. The zero-order valence-electron chi connectivity index (χ0n) is 12.3. The Labute approximate surface area is 144 Å². The van der Waals surface area contributed by atoms with Crippen LogP contribution in [-0.2, 0) is 16.1 Å². The molecule has 0 saturated heterocycles. The van der Waals surface area contributed by atoms with Gasteiger partial charge in [0.1, 0.15) is 12.4 Å². The van der Waals surface area contributed by atoms with Crippen molar-refractivity contribution in [2.45, 2.75) is 19.6 Å². The van der Waals surface area contributed by atoms with E-state index in [0.717, 1.165) is 0 Å². The Balaban J connectivity index is 1.93. The lowest BCUT2D eigenvalue weighted by Gasteiger charge is -2.15. The van der Waals surface area contributed by atoms with Gasteiger partial charge >= 0.3 is 5.97 Å². The van der Waals surface area contributed by atoms with Crippen LogP contribution >= 0.6 is 23.2 Å². The van der Waals surface area contributed by atoms with Crippen LogP contribution < -0.4 is 4.74 Å².